The van der Waals surface area contributed by atoms with Gasteiger partial charge in [-0.2, -0.15) is 0 Å². The first-order valence-corrected chi connectivity index (χ1v) is 8.04. The Morgan fingerprint density at radius 2 is 1.65 bits per heavy atom. The van der Waals surface area contributed by atoms with Crippen molar-refractivity contribution < 1.29 is 9.53 Å². The monoisotopic (exact) mass is 276 g/mol. The van der Waals surface area contributed by atoms with Crippen molar-refractivity contribution >= 4 is 5.97 Å². The van der Waals surface area contributed by atoms with Crippen LogP contribution in [0.25, 0.3) is 0 Å². The summed E-state index contributed by atoms with van der Waals surface area (Å²) in [6, 6.07) is 9.28. The highest BCUT2D eigenvalue weighted by Gasteiger charge is 2.14. The van der Waals surface area contributed by atoms with Crippen molar-refractivity contribution in [1.82, 2.24) is 0 Å². The Hall–Kier alpha value is -1.31. The first-order valence-electron chi connectivity index (χ1n) is 8.04. The molecule has 2 heteroatoms. The van der Waals surface area contributed by atoms with Gasteiger partial charge in [-0.3, -0.25) is 0 Å². The normalized spacial score (nSPS) is 12.1. The van der Waals surface area contributed by atoms with Gasteiger partial charge in [0.25, 0.3) is 0 Å². The second kappa shape index (κ2) is 10.5. The molecule has 0 aliphatic heterocycles. The summed E-state index contributed by atoms with van der Waals surface area (Å²) in [7, 11) is 0. The van der Waals surface area contributed by atoms with Crippen LogP contribution in [0, 0.1) is 0 Å². The highest BCUT2D eigenvalue weighted by atomic mass is 16.5. The predicted octanol–water partition coefficient (Wildman–Crippen LogP) is 5.37. The lowest BCUT2D eigenvalue weighted by Gasteiger charge is -2.17. The van der Waals surface area contributed by atoms with Crippen LogP contribution in [0.1, 0.15) is 75.6 Å². The van der Waals surface area contributed by atoms with Gasteiger partial charge in [0.15, 0.2) is 0 Å². The summed E-state index contributed by atoms with van der Waals surface area (Å²) < 4.78 is 5.64. The molecule has 1 unspecified atom stereocenters. The summed E-state index contributed by atoms with van der Waals surface area (Å²) in [5, 5.41) is 0. The number of hydrogen-bond donors (Lipinski definition) is 0. The van der Waals surface area contributed by atoms with Crippen LogP contribution >= 0.6 is 0 Å². The van der Waals surface area contributed by atoms with Gasteiger partial charge < -0.3 is 4.74 Å². The summed E-state index contributed by atoms with van der Waals surface area (Å²) in [4.78, 5) is 12.0. The maximum absolute atomic E-state index is 12.0. The summed E-state index contributed by atoms with van der Waals surface area (Å²) in [5.74, 6) is -0.183. The molecule has 0 bridgehead atoms. The lowest BCUT2D eigenvalue weighted by molar-refractivity contribution is 0.0253. The third kappa shape index (κ3) is 6.74. The van der Waals surface area contributed by atoms with E-state index in [4.69, 9.17) is 4.74 Å². The van der Waals surface area contributed by atoms with E-state index >= 15 is 0 Å². The average molecular weight is 276 g/mol. The van der Waals surface area contributed by atoms with E-state index in [1.807, 2.05) is 30.3 Å². The number of rotatable bonds is 10. The molecule has 112 valence electrons. The van der Waals surface area contributed by atoms with Crippen LogP contribution in [0.4, 0.5) is 0 Å². The average Bonchev–Trinajstić information content (AvgIpc) is 2.48. The molecule has 0 spiro atoms. The molecule has 0 aromatic heterocycles. The van der Waals surface area contributed by atoms with E-state index in [0.717, 1.165) is 25.7 Å². The van der Waals surface area contributed by atoms with Crippen LogP contribution in [0.3, 0.4) is 0 Å². The summed E-state index contributed by atoms with van der Waals surface area (Å²) in [6.07, 6.45) is 9.37. The Morgan fingerprint density at radius 1 is 0.950 bits per heavy atom. The van der Waals surface area contributed by atoms with Crippen LogP contribution in [0.15, 0.2) is 30.3 Å². The van der Waals surface area contributed by atoms with E-state index in [-0.39, 0.29) is 12.1 Å². The van der Waals surface area contributed by atoms with Crippen LogP contribution in [0.5, 0.6) is 0 Å². The smallest absolute Gasteiger partial charge is 0.338 e. The number of benzene rings is 1. The van der Waals surface area contributed by atoms with Gasteiger partial charge >= 0.3 is 5.97 Å². The quantitative estimate of drug-likeness (QED) is 0.424. The Labute approximate surface area is 123 Å². The van der Waals surface area contributed by atoms with Crippen LogP contribution in [-0.2, 0) is 4.74 Å². The van der Waals surface area contributed by atoms with E-state index in [1.165, 1.54) is 25.7 Å². The third-order valence-electron chi connectivity index (χ3n) is 3.52. The molecule has 0 aliphatic carbocycles. The highest BCUT2D eigenvalue weighted by Crippen LogP contribution is 2.15. The summed E-state index contributed by atoms with van der Waals surface area (Å²) in [6.45, 7) is 4.36. The zero-order valence-corrected chi connectivity index (χ0v) is 12.9. The standard InChI is InChI=1S/C18H28O2/c1-3-5-6-7-11-15-17(12-4-2)20-18(19)16-13-9-8-10-14-16/h8-10,13-14,17H,3-7,11-12,15H2,1-2H3. The predicted molar refractivity (Wildman–Crippen MR) is 83.9 cm³/mol. The first kappa shape index (κ1) is 16.7. The topological polar surface area (TPSA) is 26.3 Å². The third-order valence-corrected chi connectivity index (χ3v) is 3.52. The van der Waals surface area contributed by atoms with Crippen molar-refractivity contribution in [3.05, 3.63) is 35.9 Å². The lowest BCUT2D eigenvalue weighted by Crippen LogP contribution is -2.18. The van der Waals surface area contributed by atoms with Crippen LogP contribution < -0.4 is 0 Å². The molecule has 2 nitrogen and oxygen atoms in total. The van der Waals surface area contributed by atoms with Gasteiger partial charge in [-0.25, -0.2) is 4.79 Å². The van der Waals surface area contributed by atoms with Gasteiger partial charge in [-0.1, -0.05) is 64.2 Å². The van der Waals surface area contributed by atoms with Gasteiger partial charge in [0.05, 0.1) is 5.56 Å². The molecule has 0 N–H and O–H groups in total. The van der Waals surface area contributed by atoms with Gasteiger partial charge in [-0.15, -0.1) is 0 Å². The minimum atomic E-state index is -0.183. The molecule has 0 saturated carbocycles. The van der Waals surface area contributed by atoms with Crippen LogP contribution in [-0.4, -0.2) is 12.1 Å². The van der Waals surface area contributed by atoms with Crippen molar-refractivity contribution in [2.24, 2.45) is 0 Å². The minimum absolute atomic E-state index is 0.0781. The van der Waals surface area contributed by atoms with Crippen molar-refractivity contribution in [2.75, 3.05) is 0 Å². The van der Waals surface area contributed by atoms with Crippen molar-refractivity contribution in [3.63, 3.8) is 0 Å². The molecular formula is C18H28O2. The van der Waals surface area contributed by atoms with Crippen molar-refractivity contribution in [1.29, 1.82) is 0 Å². The maximum atomic E-state index is 12.0. The zero-order chi connectivity index (χ0) is 14.6. The molecule has 0 saturated heterocycles. The molecule has 0 heterocycles. The molecule has 1 atom stereocenters. The number of unbranched alkanes of at least 4 members (excludes halogenated alkanes) is 4. The molecular weight excluding hydrogens is 248 g/mol. The number of esters is 1. The van der Waals surface area contributed by atoms with Gasteiger partial charge in [0, 0.05) is 0 Å². The lowest BCUT2D eigenvalue weighted by atomic mass is 10.0. The van der Waals surface area contributed by atoms with Crippen molar-refractivity contribution in [3.8, 4) is 0 Å². The van der Waals surface area contributed by atoms with Crippen molar-refractivity contribution in [2.45, 2.75) is 71.3 Å². The molecule has 1 aromatic carbocycles. The van der Waals surface area contributed by atoms with E-state index in [9.17, 15) is 4.79 Å². The molecule has 1 rings (SSSR count). The fourth-order valence-corrected chi connectivity index (χ4v) is 2.35. The fourth-order valence-electron chi connectivity index (χ4n) is 2.35. The Balaban J connectivity index is 2.36. The molecule has 0 fully saturated rings. The molecule has 1 aromatic rings. The van der Waals surface area contributed by atoms with Gasteiger partial charge in [0.1, 0.15) is 6.10 Å². The first-order chi connectivity index (χ1) is 9.77. The van der Waals surface area contributed by atoms with E-state index < -0.39 is 0 Å². The summed E-state index contributed by atoms with van der Waals surface area (Å²) in [5.41, 5.74) is 0.652. The minimum Gasteiger partial charge on any atom is -0.459 e. The SMILES string of the molecule is CCCCCCCC(CCC)OC(=O)c1ccccc1. The fraction of sp³-hybridized carbons (Fsp3) is 0.611. The largest absolute Gasteiger partial charge is 0.459 e. The number of carbonyl (C=O) groups excluding carboxylic acids is 1. The molecule has 0 radical (unpaired) electrons. The Bertz CT molecular complexity index is 359. The molecule has 0 amide bonds. The number of hydrogen-bond acceptors (Lipinski definition) is 2. The Kier molecular flexibility index (Phi) is 8.77. The highest BCUT2D eigenvalue weighted by molar-refractivity contribution is 5.89. The number of ether oxygens (including phenoxy) is 1. The van der Waals surface area contributed by atoms with Gasteiger partial charge in [-0.05, 0) is 31.4 Å². The molecule has 0 aliphatic rings. The number of carbonyl (C=O) groups is 1. The zero-order valence-electron chi connectivity index (χ0n) is 12.9. The molecule has 20 heavy (non-hydrogen) atoms. The van der Waals surface area contributed by atoms with E-state index in [0.29, 0.717) is 5.56 Å². The maximum Gasteiger partial charge on any atom is 0.338 e. The van der Waals surface area contributed by atoms with Crippen LogP contribution in [0.2, 0.25) is 0 Å². The second-order valence-electron chi connectivity index (χ2n) is 5.38. The van der Waals surface area contributed by atoms with Gasteiger partial charge in [0.2, 0.25) is 0 Å². The van der Waals surface area contributed by atoms with E-state index in [2.05, 4.69) is 13.8 Å². The Morgan fingerprint density at radius 3 is 2.30 bits per heavy atom. The second-order valence-corrected chi connectivity index (χ2v) is 5.38. The van der Waals surface area contributed by atoms with E-state index in [1.54, 1.807) is 0 Å². The summed E-state index contributed by atoms with van der Waals surface area (Å²) >= 11 is 0.